The van der Waals surface area contributed by atoms with Crippen LogP contribution in [0.25, 0.3) is 11.3 Å². The van der Waals surface area contributed by atoms with Gasteiger partial charge in [-0.15, -0.1) is 0 Å². The van der Waals surface area contributed by atoms with Crippen molar-refractivity contribution in [3.05, 3.63) is 29.4 Å². The minimum atomic E-state index is -1.24. The zero-order valence-electron chi connectivity index (χ0n) is 8.25. The smallest absolute Gasteiger partial charge is 0.433 e. The third-order valence-electron chi connectivity index (χ3n) is 1.92. The van der Waals surface area contributed by atoms with Crippen LogP contribution in [-0.4, -0.2) is 30.9 Å². The number of nitrogens with zero attached hydrogens (tertiary/aromatic N) is 4. The molecule has 2 aromatic rings. The largest absolute Gasteiger partial charge is 0.463 e. The van der Waals surface area contributed by atoms with E-state index in [0.717, 1.165) is 5.69 Å². The van der Waals surface area contributed by atoms with Crippen LogP contribution in [0.15, 0.2) is 18.6 Å². The molecule has 0 aromatic carbocycles. The molecule has 1 N–H and O–H groups in total. The van der Waals surface area contributed by atoms with Gasteiger partial charge in [0.2, 0.25) is 0 Å². The molecule has 0 saturated carbocycles. The molecule has 2 rings (SSSR count). The molecule has 2 aromatic heterocycles. The first kappa shape index (κ1) is 10.6. The summed E-state index contributed by atoms with van der Waals surface area (Å²) in [5.41, 5.74) is 1.66. The van der Waals surface area contributed by atoms with E-state index in [1.54, 1.807) is 13.1 Å². The average Bonchev–Trinajstić information content (AvgIpc) is 2.60. The fraction of sp³-hybridized carbons (Fsp3) is 0.111. The predicted octanol–water partition coefficient (Wildman–Crippen LogP) is 1.83. The van der Waals surface area contributed by atoms with Crippen molar-refractivity contribution in [1.29, 1.82) is 0 Å². The summed E-state index contributed by atoms with van der Waals surface area (Å²) in [4.78, 5) is 18.8. The Morgan fingerprint density at radius 3 is 2.75 bits per heavy atom. The maximum absolute atomic E-state index is 10.7. The van der Waals surface area contributed by atoms with E-state index < -0.39 is 6.09 Å². The molecule has 6 nitrogen and oxygen atoms in total. The molecule has 0 aliphatic rings. The highest BCUT2D eigenvalue weighted by atomic mass is 35.5. The van der Waals surface area contributed by atoms with Crippen LogP contribution in [0.5, 0.6) is 0 Å². The number of halogens is 1. The number of carboxylic acid groups (broad SMARTS) is 1. The molecule has 0 saturated heterocycles. The van der Waals surface area contributed by atoms with Gasteiger partial charge in [-0.25, -0.2) is 9.78 Å². The molecule has 2 heterocycles. The highest BCUT2D eigenvalue weighted by Crippen LogP contribution is 2.25. The van der Waals surface area contributed by atoms with Gasteiger partial charge in [0.25, 0.3) is 0 Å². The lowest BCUT2D eigenvalue weighted by atomic mass is 10.2. The van der Waals surface area contributed by atoms with Crippen LogP contribution >= 0.6 is 11.6 Å². The third-order valence-corrected chi connectivity index (χ3v) is 2.29. The van der Waals surface area contributed by atoms with Crippen molar-refractivity contribution in [3.63, 3.8) is 0 Å². The maximum Gasteiger partial charge on any atom is 0.433 e. The number of aryl methyl sites for hydroxylation is 1. The van der Waals surface area contributed by atoms with Crippen LogP contribution in [0.4, 0.5) is 4.79 Å². The highest BCUT2D eigenvalue weighted by molar-refractivity contribution is 6.32. The second kappa shape index (κ2) is 3.90. The summed E-state index contributed by atoms with van der Waals surface area (Å²) in [7, 11) is 0. The molecule has 0 amide bonds. The minimum Gasteiger partial charge on any atom is -0.463 e. The van der Waals surface area contributed by atoms with Gasteiger partial charge in [-0.1, -0.05) is 11.6 Å². The van der Waals surface area contributed by atoms with Crippen molar-refractivity contribution in [3.8, 4) is 11.3 Å². The van der Waals surface area contributed by atoms with Crippen LogP contribution in [0, 0.1) is 6.92 Å². The fourth-order valence-corrected chi connectivity index (χ4v) is 1.49. The van der Waals surface area contributed by atoms with Gasteiger partial charge in [0.05, 0.1) is 29.3 Å². The Hall–Kier alpha value is -1.95. The van der Waals surface area contributed by atoms with Gasteiger partial charge >= 0.3 is 6.09 Å². The van der Waals surface area contributed by atoms with Crippen LogP contribution in [-0.2, 0) is 0 Å². The summed E-state index contributed by atoms with van der Waals surface area (Å²) in [6.45, 7) is 1.78. The highest BCUT2D eigenvalue weighted by Gasteiger charge is 2.15. The first-order valence-electron chi connectivity index (χ1n) is 4.35. The second-order valence-corrected chi connectivity index (χ2v) is 3.45. The molecule has 0 unspecified atom stereocenters. The Kier molecular flexibility index (Phi) is 2.57. The summed E-state index contributed by atoms with van der Waals surface area (Å²) >= 11 is 5.86. The van der Waals surface area contributed by atoms with Gasteiger partial charge in [-0.3, -0.25) is 4.98 Å². The molecule has 0 aliphatic heterocycles. The van der Waals surface area contributed by atoms with Crippen molar-refractivity contribution in [2.24, 2.45) is 0 Å². The van der Waals surface area contributed by atoms with Gasteiger partial charge in [0.15, 0.2) is 0 Å². The monoisotopic (exact) mass is 238 g/mol. The minimum absolute atomic E-state index is 0.00685. The van der Waals surface area contributed by atoms with Crippen molar-refractivity contribution in [2.45, 2.75) is 6.92 Å². The molecule has 0 atom stereocenters. The van der Waals surface area contributed by atoms with E-state index in [4.69, 9.17) is 16.7 Å². The summed E-state index contributed by atoms with van der Waals surface area (Å²) in [6, 6.07) is 0. The number of rotatable bonds is 1. The zero-order chi connectivity index (χ0) is 11.7. The van der Waals surface area contributed by atoms with E-state index in [2.05, 4.69) is 15.1 Å². The topological polar surface area (TPSA) is 80.9 Å². The normalized spacial score (nSPS) is 10.4. The first-order valence-corrected chi connectivity index (χ1v) is 4.73. The van der Waals surface area contributed by atoms with Crippen LogP contribution in [0.2, 0.25) is 5.15 Å². The van der Waals surface area contributed by atoms with Gasteiger partial charge in [0, 0.05) is 6.20 Å². The molecule has 16 heavy (non-hydrogen) atoms. The number of carbonyl (C=O) groups is 1. The number of aromatic nitrogens is 4. The van der Waals surface area contributed by atoms with Crippen LogP contribution in [0.1, 0.15) is 5.69 Å². The Labute approximate surface area is 95.5 Å². The van der Waals surface area contributed by atoms with Gasteiger partial charge in [0.1, 0.15) is 5.15 Å². The van der Waals surface area contributed by atoms with Gasteiger partial charge in [-0.2, -0.15) is 9.78 Å². The second-order valence-electron chi connectivity index (χ2n) is 3.09. The fourth-order valence-electron chi connectivity index (χ4n) is 1.23. The van der Waals surface area contributed by atoms with Crippen molar-refractivity contribution >= 4 is 17.7 Å². The lowest BCUT2D eigenvalue weighted by Crippen LogP contribution is -2.09. The Balaban J connectivity index is 2.53. The average molecular weight is 239 g/mol. The molecule has 0 fully saturated rings. The van der Waals surface area contributed by atoms with Crippen molar-refractivity contribution < 1.29 is 9.90 Å². The zero-order valence-corrected chi connectivity index (χ0v) is 9.01. The molecule has 0 bridgehead atoms. The van der Waals surface area contributed by atoms with Crippen molar-refractivity contribution in [1.82, 2.24) is 19.7 Å². The Bertz CT molecular complexity index is 552. The molecular weight excluding hydrogens is 232 g/mol. The molecular formula is C9H7ClN4O2. The quantitative estimate of drug-likeness (QED) is 0.820. The van der Waals surface area contributed by atoms with Gasteiger partial charge < -0.3 is 5.11 Å². The van der Waals surface area contributed by atoms with E-state index in [1.807, 2.05) is 0 Å². The Morgan fingerprint density at radius 2 is 2.19 bits per heavy atom. The van der Waals surface area contributed by atoms with E-state index >= 15 is 0 Å². The lowest BCUT2D eigenvalue weighted by Gasteiger charge is -1.99. The first-order chi connectivity index (χ1) is 7.59. The third kappa shape index (κ3) is 1.74. The standard InChI is InChI=1S/C9H7ClN4O2/c1-5-2-11-4-7(13-5)6-3-12-14(8(6)10)9(15)16/h2-4H,1H3,(H,15,16). The van der Waals surface area contributed by atoms with E-state index in [0.29, 0.717) is 15.9 Å². The summed E-state index contributed by atoms with van der Waals surface area (Å²) in [6.07, 6.45) is 3.21. The van der Waals surface area contributed by atoms with Crippen LogP contribution in [0.3, 0.4) is 0 Å². The summed E-state index contributed by atoms with van der Waals surface area (Å²) in [5.74, 6) is 0. The molecule has 0 radical (unpaired) electrons. The molecule has 0 aliphatic carbocycles. The predicted molar refractivity (Wildman–Crippen MR) is 56.4 cm³/mol. The van der Waals surface area contributed by atoms with Crippen molar-refractivity contribution in [2.75, 3.05) is 0 Å². The van der Waals surface area contributed by atoms with E-state index in [1.165, 1.54) is 12.4 Å². The number of hydrogen-bond acceptors (Lipinski definition) is 4. The van der Waals surface area contributed by atoms with E-state index in [9.17, 15) is 4.79 Å². The molecule has 82 valence electrons. The molecule has 0 spiro atoms. The van der Waals surface area contributed by atoms with E-state index in [-0.39, 0.29) is 5.15 Å². The van der Waals surface area contributed by atoms with Crippen LogP contribution < -0.4 is 0 Å². The number of hydrogen-bond donors (Lipinski definition) is 1. The summed E-state index contributed by atoms with van der Waals surface area (Å²) in [5, 5.41) is 12.4. The maximum atomic E-state index is 10.7. The molecule has 7 heteroatoms. The van der Waals surface area contributed by atoms with Gasteiger partial charge in [-0.05, 0) is 6.92 Å². The SMILES string of the molecule is Cc1cncc(-c2cnn(C(=O)O)c2Cl)n1. The Morgan fingerprint density at radius 1 is 1.44 bits per heavy atom. The lowest BCUT2D eigenvalue weighted by molar-refractivity contribution is 0.193. The summed E-state index contributed by atoms with van der Waals surface area (Å²) < 4.78 is 0.681.